The van der Waals surface area contributed by atoms with Gasteiger partial charge in [-0.3, -0.25) is 4.90 Å². The van der Waals surface area contributed by atoms with E-state index in [-0.39, 0.29) is 0 Å². The lowest BCUT2D eigenvalue weighted by Gasteiger charge is -2.29. The van der Waals surface area contributed by atoms with Gasteiger partial charge in [0.2, 0.25) is 0 Å². The monoisotopic (exact) mass is 909 g/mol. The SMILES string of the molecule is CN1CCC([C@H]2C[C@@H]2CC=O)CC1.CN1CCC([C@H]2C[C@@H]2CCN(Cc2ccccc2)Cc2ccccc2)CC1.CN1CCC([C@H]2C[C@@H]2CCN)CC1.CN1CCC([C@H]2C[C@@H]2CCO)CC1. The predicted octanol–water partition coefficient (Wildman–Crippen LogP) is 9.27. The summed E-state index contributed by atoms with van der Waals surface area (Å²) in [5.74, 6) is 11.5. The minimum atomic E-state index is 0.397. The molecular formula is C58H96N6O2. The molecule has 2 aromatic carbocycles. The van der Waals surface area contributed by atoms with Crippen LogP contribution in [0.2, 0.25) is 0 Å². The van der Waals surface area contributed by atoms with Crippen LogP contribution in [0.1, 0.15) is 114 Å². The molecule has 8 aliphatic rings. The van der Waals surface area contributed by atoms with Gasteiger partial charge in [0.05, 0.1) is 0 Å². The van der Waals surface area contributed by atoms with Gasteiger partial charge < -0.3 is 35.2 Å². The Balaban J connectivity index is 0.000000141. The molecule has 0 spiro atoms. The average Bonchev–Trinajstić information content (AvgIpc) is 4.13. The van der Waals surface area contributed by atoms with E-state index in [1.54, 1.807) is 0 Å². The van der Waals surface area contributed by atoms with Crippen molar-refractivity contribution in [2.75, 3.05) is 100 Å². The Bertz CT molecular complexity index is 1540. The predicted molar refractivity (Wildman–Crippen MR) is 275 cm³/mol. The maximum Gasteiger partial charge on any atom is 0.120 e. The van der Waals surface area contributed by atoms with Crippen LogP contribution in [0.25, 0.3) is 0 Å². The molecule has 10 rings (SSSR count). The molecular weight excluding hydrogens is 813 g/mol. The van der Waals surface area contributed by atoms with E-state index in [9.17, 15) is 4.79 Å². The van der Waals surface area contributed by atoms with Crippen LogP contribution in [0.3, 0.4) is 0 Å². The summed E-state index contributed by atoms with van der Waals surface area (Å²) >= 11 is 0. The van der Waals surface area contributed by atoms with Crippen LogP contribution in [0, 0.1) is 71.0 Å². The van der Waals surface area contributed by atoms with Crippen LogP contribution >= 0.6 is 0 Å². The Morgan fingerprint density at radius 2 is 0.848 bits per heavy atom. The third-order valence-corrected chi connectivity index (χ3v) is 18.1. The van der Waals surface area contributed by atoms with Gasteiger partial charge in [0.15, 0.2) is 0 Å². The molecule has 8 nitrogen and oxygen atoms in total. The Labute approximate surface area is 403 Å². The third kappa shape index (κ3) is 17.1. The van der Waals surface area contributed by atoms with Crippen LogP contribution in [0.5, 0.6) is 0 Å². The molecule has 3 N–H and O–H groups in total. The van der Waals surface area contributed by atoms with Gasteiger partial charge >= 0.3 is 0 Å². The quantitative estimate of drug-likeness (QED) is 0.152. The molecule has 4 aliphatic heterocycles. The summed E-state index contributed by atoms with van der Waals surface area (Å²) in [6, 6.07) is 21.9. The smallest absolute Gasteiger partial charge is 0.120 e. The van der Waals surface area contributed by atoms with Crippen molar-refractivity contribution >= 4 is 6.29 Å². The second-order valence-corrected chi connectivity index (χ2v) is 23.2. The van der Waals surface area contributed by atoms with Crippen molar-refractivity contribution in [1.82, 2.24) is 24.5 Å². The summed E-state index contributed by atoms with van der Waals surface area (Å²) in [4.78, 5) is 22.8. The highest BCUT2D eigenvalue weighted by Crippen LogP contribution is 2.52. The molecule has 66 heavy (non-hydrogen) atoms. The fraction of sp³-hybridized carbons (Fsp3) is 0.776. The number of benzene rings is 2. The standard InChI is InChI=1S/C25H34N2.C11H22N2.C11H21NO.C11H19NO/c1-26-15-12-23(13-16-26)25-18-24(25)14-17-27(19-21-8-4-2-5-9-21)20-22-10-6-3-7-11-22;1-13-6-3-9(4-7-13)11-8-10(11)2-5-12;2*1-12-5-2-9(3-6-12)11-8-10(11)4-7-13/h2-11,23-25H,12-20H2,1H3;9-11H,2-8,12H2,1H3;9-11,13H,2-8H2,1H3;7,9-11H,2-6,8H2,1H3/t24-,25+;3*10-,11+/m0000/s1. The minimum Gasteiger partial charge on any atom is -0.396 e. The number of hydrogen-bond acceptors (Lipinski definition) is 8. The highest BCUT2D eigenvalue weighted by atomic mass is 16.3. The highest BCUT2D eigenvalue weighted by molar-refractivity contribution is 5.50. The fourth-order valence-corrected chi connectivity index (χ4v) is 13.2. The van der Waals surface area contributed by atoms with Gasteiger partial charge in [-0.25, -0.2) is 0 Å². The number of carbonyl (C=O) groups excluding carboxylic acids is 1. The summed E-state index contributed by atoms with van der Waals surface area (Å²) in [5.41, 5.74) is 8.43. The first-order valence-corrected chi connectivity index (χ1v) is 27.5. The molecule has 0 aromatic heterocycles. The second-order valence-electron chi connectivity index (χ2n) is 23.2. The summed E-state index contributed by atoms with van der Waals surface area (Å²) in [6.07, 6.45) is 22.5. The van der Waals surface area contributed by atoms with Crippen LogP contribution in [0.15, 0.2) is 60.7 Å². The molecule has 4 heterocycles. The molecule has 4 saturated carbocycles. The lowest BCUT2D eigenvalue weighted by atomic mass is 9.91. The van der Waals surface area contributed by atoms with Crippen molar-refractivity contribution in [2.45, 2.75) is 116 Å². The number of aliphatic hydroxyl groups is 1. The van der Waals surface area contributed by atoms with E-state index in [0.717, 1.165) is 110 Å². The number of carbonyl (C=O) groups is 1. The van der Waals surface area contributed by atoms with Crippen LogP contribution in [-0.2, 0) is 17.9 Å². The van der Waals surface area contributed by atoms with E-state index in [0.29, 0.717) is 6.61 Å². The van der Waals surface area contributed by atoms with E-state index in [1.165, 1.54) is 160 Å². The molecule has 8 fully saturated rings. The molecule has 8 heteroatoms. The maximum atomic E-state index is 10.3. The highest BCUT2D eigenvalue weighted by Gasteiger charge is 2.45. The number of nitrogens with zero attached hydrogens (tertiary/aromatic N) is 5. The van der Waals surface area contributed by atoms with Crippen LogP contribution in [-0.4, -0.2) is 136 Å². The largest absolute Gasteiger partial charge is 0.396 e. The van der Waals surface area contributed by atoms with Gasteiger partial charge in [0.1, 0.15) is 6.29 Å². The van der Waals surface area contributed by atoms with Gasteiger partial charge in [0, 0.05) is 26.1 Å². The van der Waals surface area contributed by atoms with Crippen LogP contribution in [0.4, 0.5) is 0 Å². The van der Waals surface area contributed by atoms with Crippen molar-refractivity contribution < 1.29 is 9.90 Å². The second kappa shape index (κ2) is 26.7. The summed E-state index contributed by atoms with van der Waals surface area (Å²) < 4.78 is 0. The zero-order valence-corrected chi connectivity index (χ0v) is 42.5. The van der Waals surface area contributed by atoms with Gasteiger partial charge in [-0.05, 0) is 272 Å². The number of nitrogens with two attached hydrogens (primary N) is 1. The van der Waals surface area contributed by atoms with Crippen molar-refractivity contribution in [3.05, 3.63) is 71.8 Å². The average molecular weight is 909 g/mol. The van der Waals surface area contributed by atoms with E-state index in [4.69, 9.17) is 10.8 Å². The van der Waals surface area contributed by atoms with E-state index in [2.05, 4.69) is 113 Å². The number of hydrogen-bond donors (Lipinski definition) is 2. The third-order valence-electron chi connectivity index (χ3n) is 18.1. The Morgan fingerprint density at radius 3 is 1.20 bits per heavy atom. The lowest BCUT2D eigenvalue weighted by molar-refractivity contribution is -0.108. The Kier molecular flexibility index (Phi) is 20.9. The normalized spacial score (nSPS) is 31.1. The zero-order valence-electron chi connectivity index (χ0n) is 42.5. The van der Waals surface area contributed by atoms with Crippen molar-refractivity contribution in [2.24, 2.45) is 76.7 Å². The first-order chi connectivity index (χ1) is 32.2. The molecule has 0 unspecified atom stereocenters. The van der Waals surface area contributed by atoms with Gasteiger partial charge in [-0.1, -0.05) is 60.7 Å². The molecule has 0 radical (unpaired) electrons. The van der Waals surface area contributed by atoms with E-state index >= 15 is 0 Å². The van der Waals surface area contributed by atoms with Crippen LogP contribution < -0.4 is 5.73 Å². The Hall–Kier alpha value is -2.17. The summed E-state index contributed by atoms with van der Waals surface area (Å²) in [5, 5.41) is 8.83. The van der Waals surface area contributed by atoms with Gasteiger partial charge in [-0.15, -0.1) is 0 Å². The first-order valence-electron chi connectivity index (χ1n) is 27.5. The number of likely N-dealkylation sites (tertiary alicyclic amines) is 4. The zero-order chi connectivity index (χ0) is 46.3. The molecule has 0 amide bonds. The number of piperidine rings is 4. The number of aliphatic hydroxyl groups excluding tert-OH is 1. The molecule has 8 atom stereocenters. The Morgan fingerprint density at radius 1 is 0.515 bits per heavy atom. The number of aldehydes is 1. The topological polar surface area (TPSA) is 79.5 Å². The molecule has 4 aliphatic carbocycles. The molecule has 370 valence electrons. The molecule has 2 aromatic rings. The molecule has 4 saturated heterocycles. The van der Waals surface area contributed by atoms with Crippen molar-refractivity contribution in [1.29, 1.82) is 0 Å². The summed E-state index contributed by atoms with van der Waals surface area (Å²) in [7, 11) is 8.92. The summed E-state index contributed by atoms with van der Waals surface area (Å²) in [6.45, 7) is 15.0. The van der Waals surface area contributed by atoms with Crippen molar-refractivity contribution in [3.8, 4) is 0 Å². The lowest BCUT2D eigenvalue weighted by Crippen LogP contribution is -2.31. The fourth-order valence-electron chi connectivity index (χ4n) is 13.2. The minimum absolute atomic E-state index is 0.397. The van der Waals surface area contributed by atoms with Crippen molar-refractivity contribution in [3.63, 3.8) is 0 Å². The first kappa shape index (κ1) is 51.7. The van der Waals surface area contributed by atoms with E-state index < -0.39 is 0 Å². The van der Waals surface area contributed by atoms with E-state index in [1.807, 2.05) is 0 Å². The molecule has 0 bridgehead atoms. The number of rotatable bonds is 17. The van der Waals surface area contributed by atoms with Gasteiger partial charge in [0.25, 0.3) is 0 Å². The van der Waals surface area contributed by atoms with Gasteiger partial charge in [-0.2, -0.15) is 0 Å². The maximum absolute atomic E-state index is 10.3.